The highest BCUT2D eigenvalue weighted by Crippen LogP contribution is 2.24. The number of nitro benzene ring substituents is 1. The van der Waals surface area contributed by atoms with Gasteiger partial charge in [0.15, 0.2) is 9.84 Å². The molecule has 0 aliphatic heterocycles. The van der Waals surface area contributed by atoms with Gasteiger partial charge >= 0.3 is 0 Å². The number of rotatable bonds is 8. The van der Waals surface area contributed by atoms with Gasteiger partial charge in [-0.05, 0) is 39.8 Å². The van der Waals surface area contributed by atoms with Crippen molar-refractivity contribution in [1.82, 2.24) is 10.2 Å². The maximum Gasteiger partial charge on any atom is 0.288 e. The van der Waals surface area contributed by atoms with Crippen LogP contribution in [0.25, 0.3) is 0 Å². The highest BCUT2D eigenvalue weighted by atomic mass is 32.2. The van der Waals surface area contributed by atoms with Crippen molar-refractivity contribution in [3.8, 4) is 0 Å². The van der Waals surface area contributed by atoms with Crippen molar-refractivity contribution in [3.63, 3.8) is 0 Å². The van der Waals surface area contributed by atoms with Crippen molar-refractivity contribution >= 4 is 27.3 Å². The molecule has 0 radical (unpaired) electrons. The summed E-state index contributed by atoms with van der Waals surface area (Å²) in [4.78, 5) is 36.0. The minimum absolute atomic E-state index is 0.0272. The number of nitro groups is 1. The molecule has 0 bridgehead atoms. The molecule has 0 aromatic heterocycles. The minimum atomic E-state index is -3.80. The van der Waals surface area contributed by atoms with Crippen LogP contribution in [-0.4, -0.2) is 54.9 Å². The number of hydrogen-bond donors (Lipinski definition) is 1. The Labute approximate surface area is 158 Å². The Kier molecular flexibility index (Phi) is 7.46. The summed E-state index contributed by atoms with van der Waals surface area (Å²) in [7, 11) is -3.80. The first kappa shape index (κ1) is 22.6. The minimum Gasteiger partial charge on any atom is -0.352 e. The lowest BCUT2D eigenvalue weighted by atomic mass is 10.2. The van der Waals surface area contributed by atoms with Gasteiger partial charge in [-0.1, -0.05) is 0 Å². The highest BCUT2D eigenvalue weighted by molar-refractivity contribution is 7.90. The van der Waals surface area contributed by atoms with E-state index >= 15 is 0 Å². The first-order chi connectivity index (χ1) is 12.4. The molecule has 27 heavy (non-hydrogen) atoms. The van der Waals surface area contributed by atoms with E-state index in [0.717, 1.165) is 18.4 Å². The average molecular weight is 399 g/mol. The Hall–Kier alpha value is -2.49. The topological polar surface area (TPSA) is 127 Å². The van der Waals surface area contributed by atoms with Crippen molar-refractivity contribution in [3.05, 3.63) is 33.9 Å². The Balaban J connectivity index is 2.86. The molecule has 0 atom stereocenters. The van der Waals surface area contributed by atoms with Crippen LogP contribution < -0.4 is 5.32 Å². The molecule has 0 aliphatic carbocycles. The average Bonchev–Trinajstić information content (AvgIpc) is 2.52. The van der Waals surface area contributed by atoms with Gasteiger partial charge in [-0.25, -0.2) is 8.42 Å². The molecule has 0 aliphatic rings. The number of carbonyl (C=O) groups is 2. The zero-order valence-corrected chi connectivity index (χ0v) is 16.9. The van der Waals surface area contributed by atoms with Gasteiger partial charge in [0.25, 0.3) is 11.6 Å². The van der Waals surface area contributed by atoms with E-state index in [0.29, 0.717) is 0 Å². The third-order valence-corrected chi connectivity index (χ3v) is 4.99. The molecule has 0 heterocycles. The van der Waals surface area contributed by atoms with Crippen molar-refractivity contribution in [1.29, 1.82) is 0 Å². The van der Waals surface area contributed by atoms with E-state index in [9.17, 15) is 28.1 Å². The summed E-state index contributed by atoms with van der Waals surface area (Å²) in [6.45, 7) is 7.67. The van der Waals surface area contributed by atoms with E-state index in [-0.39, 0.29) is 36.5 Å². The molecule has 2 amide bonds. The predicted octanol–water partition coefficient (Wildman–Crippen LogP) is 1.76. The predicted molar refractivity (Wildman–Crippen MR) is 100 cm³/mol. The van der Waals surface area contributed by atoms with Crippen LogP contribution in [0.4, 0.5) is 5.69 Å². The first-order valence-corrected chi connectivity index (χ1v) is 10.3. The van der Waals surface area contributed by atoms with Crippen LogP contribution >= 0.6 is 0 Å². The Bertz CT molecular complexity index is 825. The largest absolute Gasteiger partial charge is 0.352 e. The summed E-state index contributed by atoms with van der Waals surface area (Å²) in [6, 6.07) is 3.21. The normalized spacial score (nSPS) is 11.5. The van der Waals surface area contributed by atoms with Crippen LogP contribution in [0.2, 0.25) is 0 Å². The van der Waals surface area contributed by atoms with E-state index in [2.05, 4.69) is 5.32 Å². The third-order valence-electron chi connectivity index (χ3n) is 3.84. The molecule has 0 saturated carbocycles. The van der Waals surface area contributed by atoms with Gasteiger partial charge in [0.05, 0.1) is 4.92 Å². The molecule has 1 N–H and O–H groups in total. The number of nitrogens with zero attached hydrogens (tertiary/aromatic N) is 2. The summed E-state index contributed by atoms with van der Waals surface area (Å²) < 4.78 is 23.2. The number of hydrogen-bond acceptors (Lipinski definition) is 6. The number of benzene rings is 1. The molecule has 0 spiro atoms. The van der Waals surface area contributed by atoms with Crippen molar-refractivity contribution in [2.45, 2.75) is 51.1 Å². The maximum atomic E-state index is 12.3. The standard InChI is InChI=1S/C17H25N3O6S/c1-11(2)19(12(3)4)16(21)8-9-18-17(22)13-6-7-15(27(5,25)26)14(10-13)20(23)24/h6-7,10-12H,8-9H2,1-5H3,(H,18,22). The van der Waals surface area contributed by atoms with Gasteiger partial charge < -0.3 is 10.2 Å². The van der Waals surface area contributed by atoms with Gasteiger partial charge in [0, 0.05) is 42.9 Å². The van der Waals surface area contributed by atoms with Crippen LogP contribution in [0.5, 0.6) is 0 Å². The molecule has 1 aromatic rings. The lowest BCUT2D eigenvalue weighted by Gasteiger charge is -2.30. The second-order valence-electron chi connectivity index (χ2n) is 6.71. The van der Waals surface area contributed by atoms with Crippen LogP contribution in [0.1, 0.15) is 44.5 Å². The zero-order valence-electron chi connectivity index (χ0n) is 16.1. The van der Waals surface area contributed by atoms with E-state index in [1.807, 2.05) is 27.7 Å². The summed E-state index contributed by atoms with van der Waals surface area (Å²) >= 11 is 0. The fourth-order valence-corrected chi connectivity index (χ4v) is 3.63. The third kappa shape index (κ3) is 6.02. The highest BCUT2D eigenvalue weighted by Gasteiger charge is 2.24. The van der Waals surface area contributed by atoms with Crippen LogP contribution in [0.15, 0.2) is 23.1 Å². The molecule has 1 rings (SSSR count). The number of nitrogens with one attached hydrogen (secondary N) is 1. The molecular formula is C17H25N3O6S. The lowest BCUT2D eigenvalue weighted by Crippen LogP contribution is -2.43. The van der Waals surface area contributed by atoms with Gasteiger partial charge in [0.1, 0.15) is 4.90 Å². The van der Waals surface area contributed by atoms with E-state index in [1.165, 1.54) is 6.07 Å². The summed E-state index contributed by atoms with van der Waals surface area (Å²) in [6.07, 6.45) is 0.946. The van der Waals surface area contributed by atoms with Crippen molar-refractivity contribution < 1.29 is 22.9 Å². The van der Waals surface area contributed by atoms with Gasteiger partial charge in [-0.3, -0.25) is 19.7 Å². The first-order valence-electron chi connectivity index (χ1n) is 8.44. The van der Waals surface area contributed by atoms with Crippen molar-refractivity contribution in [2.24, 2.45) is 0 Å². The molecule has 0 saturated heterocycles. The zero-order chi connectivity index (χ0) is 20.9. The fourth-order valence-electron chi connectivity index (χ4n) is 2.80. The second kappa shape index (κ2) is 8.94. The molecular weight excluding hydrogens is 374 g/mol. The van der Waals surface area contributed by atoms with Gasteiger partial charge in [0.2, 0.25) is 5.91 Å². The Morgan fingerprint density at radius 1 is 1.19 bits per heavy atom. The molecule has 10 heteroatoms. The van der Waals surface area contributed by atoms with E-state index in [4.69, 9.17) is 0 Å². The summed E-state index contributed by atoms with van der Waals surface area (Å²) in [5.74, 6) is -0.731. The van der Waals surface area contributed by atoms with Gasteiger partial charge in [-0.2, -0.15) is 0 Å². The molecule has 0 unspecified atom stereocenters. The monoisotopic (exact) mass is 399 g/mol. The second-order valence-corrected chi connectivity index (χ2v) is 8.69. The van der Waals surface area contributed by atoms with Gasteiger partial charge in [-0.15, -0.1) is 0 Å². The number of amides is 2. The Morgan fingerprint density at radius 3 is 2.19 bits per heavy atom. The van der Waals surface area contributed by atoms with Crippen LogP contribution in [0, 0.1) is 10.1 Å². The van der Waals surface area contributed by atoms with Crippen molar-refractivity contribution in [2.75, 3.05) is 12.8 Å². The molecule has 0 fully saturated rings. The molecule has 9 nitrogen and oxygen atoms in total. The Morgan fingerprint density at radius 2 is 1.74 bits per heavy atom. The SMILES string of the molecule is CC(C)N(C(=O)CCNC(=O)c1ccc(S(C)(=O)=O)c([N+](=O)[O-])c1)C(C)C. The van der Waals surface area contributed by atoms with Crippen LogP contribution in [-0.2, 0) is 14.6 Å². The fraction of sp³-hybridized carbons (Fsp3) is 0.529. The van der Waals surface area contributed by atoms with Crippen LogP contribution in [0.3, 0.4) is 0 Å². The van der Waals surface area contributed by atoms with E-state index < -0.39 is 31.3 Å². The summed E-state index contributed by atoms with van der Waals surface area (Å²) in [5, 5.41) is 13.6. The maximum absolute atomic E-state index is 12.3. The summed E-state index contributed by atoms with van der Waals surface area (Å²) in [5.41, 5.74) is -0.710. The molecule has 1 aromatic carbocycles. The molecule has 150 valence electrons. The lowest BCUT2D eigenvalue weighted by molar-refractivity contribution is -0.387. The smallest absolute Gasteiger partial charge is 0.288 e. The number of sulfone groups is 1. The van der Waals surface area contributed by atoms with E-state index in [1.54, 1.807) is 4.90 Å². The quantitative estimate of drug-likeness (QED) is 0.524. The number of carbonyl (C=O) groups excluding carboxylic acids is 2.